The van der Waals surface area contributed by atoms with Crippen molar-refractivity contribution in [3.05, 3.63) is 52.3 Å². The molecule has 0 N–H and O–H groups in total. The molecule has 2 aromatic carbocycles. The van der Waals surface area contributed by atoms with Crippen LogP contribution in [0.3, 0.4) is 0 Å². The van der Waals surface area contributed by atoms with Gasteiger partial charge in [-0.3, -0.25) is 13.7 Å². The van der Waals surface area contributed by atoms with E-state index in [9.17, 15) is 4.79 Å². The van der Waals surface area contributed by atoms with Gasteiger partial charge in [0.15, 0.2) is 11.5 Å². The summed E-state index contributed by atoms with van der Waals surface area (Å²) in [5.41, 5.74) is 1.29. The second-order valence-electron chi connectivity index (χ2n) is 7.80. The average molecular weight is 459 g/mol. The summed E-state index contributed by atoms with van der Waals surface area (Å²) >= 11 is 1.50. The van der Waals surface area contributed by atoms with E-state index in [2.05, 4.69) is 24.0 Å². The molecule has 0 aliphatic rings. The van der Waals surface area contributed by atoms with Gasteiger partial charge >= 0.3 is 0 Å². The van der Waals surface area contributed by atoms with Crippen molar-refractivity contribution in [2.45, 2.75) is 45.7 Å². The molecule has 0 spiro atoms. The van der Waals surface area contributed by atoms with Gasteiger partial charge in [-0.2, -0.15) is 0 Å². The maximum absolute atomic E-state index is 12.7. The zero-order valence-corrected chi connectivity index (χ0v) is 20.4. The molecular weight excluding hydrogens is 424 g/mol. The Hall–Kier alpha value is -2.51. The number of hydrogen-bond donors (Lipinski definition) is 0. The fourth-order valence-electron chi connectivity index (χ4n) is 3.91. The first-order valence-electron chi connectivity index (χ1n) is 11.2. The lowest BCUT2D eigenvalue weighted by molar-refractivity contribution is 0.267. The second-order valence-corrected chi connectivity index (χ2v) is 8.86. The molecular formula is C25H34N2O4S. The third-order valence-electron chi connectivity index (χ3n) is 5.77. The van der Waals surface area contributed by atoms with Gasteiger partial charge in [0.05, 0.1) is 31.4 Å². The molecule has 0 radical (unpaired) electrons. The molecule has 3 rings (SSSR count). The average Bonchev–Trinajstić information content (AvgIpc) is 3.13. The number of aromatic nitrogens is 1. The van der Waals surface area contributed by atoms with E-state index in [-0.39, 0.29) is 5.56 Å². The highest BCUT2D eigenvalue weighted by Gasteiger charge is 2.13. The number of rotatable bonds is 13. The molecule has 0 aliphatic carbocycles. The number of aryl methyl sites for hydroxylation is 1. The highest BCUT2D eigenvalue weighted by atomic mass is 32.1. The number of unbranched alkanes of at least 4 members (excludes halogenated alkanes) is 3. The quantitative estimate of drug-likeness (QED) is 0.331. The molecule has 0 aliphatic heterocycles. The van der Waals surface area contributed by atoms with E-state index in [1.54, 1.807) is 27.4 Å². The minimum absolute atomic E-state index is 0.0555. The van der Waals surface area contributed by atoms with Crippen molar-refractivity contribution < 1.29 is 14.2 Å². The lowest BCUT2D eigenvalue weighted by atomic mass is 10.1. The molecule has 3 aromatic rings. The zero-order chi connectivity index (χ0) is 22.9. The Bertz CT molecular complexity index is 1060. The van der Waals surface area contributed by atoms with Crippen LogP contribution in [0.2, 0.25) is 0 Å². The summed E-state index contributed by atoms with van der Waals surface area (Å²) < 4.78 is 19.0. The fourth-order valence-corrected chi connectivity index (χ4v) is 4.96. The standard InChI is InChI=1S/C25H34N2O4S/c1-5-26(18-19-12-8-9-13-21(19)29-2)14-10-6-7-11-15-27-25(28)20-16-22(30-3)23(31-4)17-24(20)32-27/h8-9,12-13,16-17H,5-7,10-11,14-15,18H2,1-4H3. The third-order valence-corrected chi connectivity index (χ3v) is 6.87. The van der Waals surface area contributed by atoms with Crippen LogP contribution in [-0.2, 0) is 13.1 Å². The Morgan fingerprint density at radius 1 is 0.906 bits per heavy atom. The van der Waals surface area contributed by atoms with E-state index in [0.717, 1.165) is 62.3 Å². The Morgan fingerprint density at radius 3 is 2.31 bits per heavy atom. The van der Waals surface area contributed by atoms with Crippen LogP contribution in [0.1, 0.15) is 38.2 Å². The van der Waals surface area contributed by atoms with Crippen molar-refractivity contribution in [1.82, 2.24) is 8.86 Å². The Balaban J connectivity index is 1.46. The molecule has 32 heavy (non-hydrogen) atoms. The molecule has 0 saturated carbocycles. The summed E-state index contributed by atoms with van der Waals surface area (Å²) in [5.74, 6) is 2.20. The minimum atomic E-state index is 0.0555. The van der Waals surface area contributed by atoms with E-state index in [0.29, 0.717) is 16.9 Å². The Morgan fingerprint density at radius 2 is 1.59 bits per heavy atom. The Labute approximate surface area is 194 Å². The van der Waals surface area contributed by atoms with Crippen LogP contribution in [0, 0.1) is 0 Å². The van der Waals surface area contributed by atoms with Gasteiger partial charge in [0, 0.05) is 24.7 Å². The lowest BCUT2D eigenvalue weighted by Gasteiger charge is -2.21. The van der Waals surface area contributed by atoms with Crippen molar-refractivity contribution in [3.8, 4) is 17.2 Å². The van der Waals surface area contributed by atoms with Crippen LogP contribution >= 0.6 is 11.5 Å². The van der Waals surface area contributed by atoms with Crippen LogP contribution in [0.5, 0.6) is 17.2 Å². The van der Waals surface area contributed by atoms with E-state index < -0.39 is 0 Å². The summed E-state index contributed by atoms with van der Waals surface area (Å²) in [4.78, 5) is 15.2. The number of ether oxygens (including phenoxy) is 3. The maximum atomic E-state index is 12.7. The van der Waals surface area contributed by atoms with E-state index in [4.69, 9.17) is 14.2 Å². The monoisotopic (exact) mass is 458 g/mol. The lowest BCUT2D eigenvalue weighted by Crippen LogP contribution is -2.24. The first-order valence-corrected chi connectivity index (χ1v) is 12.0. The van der Waals surface area contributed by atoms with Gasteiger partial charge in [-0.25, -0.2) is 0 Å². The molecule has 0 amide bonds. The third kappa shape index (κ3) is 5.84. The van der Waals surface area contributed by atoms with Gasteiger partial charge in [0.25, 0.3) is 5.56 Å². The van der Waals surface area contributed by atoms with Gasteiger partial charge in [-0.15, -0.1) is 0 Å². The molecule has 0 fully saturated rings. The van der Waals surface area contributed by atoms with E-state index in [1.165, 1.54) is 17.1 Å². The van der Waals surface area contributed by atoms with Crippen molar-refractivity contribution in [2.24, 2.45) is 0 Å². The van der Waals surface area contributed by atoms with Crippen molar-refractivity contribution in [3.63, 3.8) is 0 Å². The van der Waals surface area contributed by atoms with Gasteiger partial charge in [-0.1, -0.05) is 49.5 Å². The number of nitrogens with zero attached hydrogens (tertiary/aromatic N) is 2. The highest BCUT2D eigenvalue weighted by Crippen LogP contribution is 2.32. The molecule has 0 bridgehead atoms. The number of benzene rings is 2. The molecule has 1 heterocycles. The summed E-state index contributed by atoms with van der Waals surface area (Å²) in [6, 6.07) is 11.9. The summed E-state index contributed by atoms with van der Waals surface area (Å²) in [6.07, 6.45) is 4.42. The van der Waals surface area contributed by atoms with Crippen molar-refractivity contribution in [1.29, 1.82) is 0 Å². The van der Waals surface area contributed by atoms with Crippen molar-refractivity contribution >= 4 is 21.6 Å². The first-order chi connectivity index (χ1) is 15.6. The molecule has 1 aromatic heterocycles. The van der Waals surface area contributed by atoms with Crippen LogP contribution < -0.4 is 19.8 Å². The topological polar surface area (TPSA) is 52.9 Å². The highest BCUT2D eigenvalue weighted by molar-refractivity contribution is 7.13. The fraction of sp³-hybridized carbons (Fsp3) is 0.480. The molecule has 6 nitrogen and oxygen atoms in total. The normalized spacial score (nSPS) is 11.3. The maximum Gasteiger partial charge on any atom is 0.268 e. The van der Waals surface area contributed by atoms with Crippen LogP contribution in [-0.4, -0.2) is 43.3 Å². The van der Waals surface area contributed by atoms with Crippen LogP contribution in [0.15, 0.2) is 41.2 Å². The smallest absolute Gasteiger partial charge is 0.268 e. The molecule has 174 valence electrons. The first kappa shape index (κ1) is 24.1. The summed E-state index contributed by atoms with van der Waals surface area (Å²) in [7, 11) is 4.92. The van der Waals surface area contributed by atoms with E-state index >= 15 is 0 Å². The number of methoxy groups -OCH3 is 3. The second kappa shape index (κ2) is 11.9. The molecule has 7 heteroatoms. The van der Waals surface area contributed by atoms with Gasteiger partial charge in [-0.05, 0) is 38.1 Å². The number of para-hydroxylation sites is 1. The largest absolute Gasteiger partial charge is 0.496 e. The van der Waals surface area contributed by atoms with Gasteiger partial charge < -0.3 is 14.2 Å². The van der Waals surface area contributed by atoms with Crippen LogP contribution in [0.25, 0.3) is 10.1 Å². The minimum Gasteiger partial charge on any atom is -0.496 e. The molecule has 0 unspecified atom stereocenters. The van der Waals surface area contributed by atoms with Crippen molar-refractivity contribution in [2.75, 3.05) is 34.4 Å². The number of fused-ring (bicyclic) bond motifs is 1. The van der Waals surface area contributed by atoms with Gasteiger partial charge in [0.2, 0.25) is 0 Å². The zero-order valence-electron chi connectivity index (χ0n) is 19.6. The predicted octanol–water partition coefficient (Wildman–Crippen LogP) is 5.17. The van der Waals surface area contributed by atoms with E-state index in [1.807, 2.05) is 22.2 Å². The number of hydrogen-bond acceptors (Lipinski definition) is 6. The Kier molecular flexibility index (Phi) is 9.00. The molecule has 0 saturated heterocycles. The predicted molar refractivity (Wildman–Crippen MR) is 132 cm³/mol. The summed E-state index contributed by atoms with van der Waals surface area (Å²) in [5, 5.41) is 0.697. The SMILES string of the molecule is CCN(CCCCCCn1sc2cc(OC)c(OC)cc2c1=O)Cc1ccccc1OC. The molecule has 0 atom stereocenters. The van der Waals surface area contributed by atoms with Gasteiger partial charge in [0.1, 0.15) is 5.75 Å². The van der Waals surface area contributed by atoms with Crippen LogP contribution in [0.4, 0.5) is 0 Å². The summed E-state index contributed by atoms with van der Waals surface area (Å²) in [6.45, 7) is 5.94.